The van der Waals surface area contributed by atoms with E-state index in [2.05, 4.69) is 26.9 Å². The number of pyridine rings is 2. The van der Waals surface area contributed by atoms with E-state index in [9.17, 15) is 10.1 Å². The number of fused-ring (bicyclic) bond motifs is 2. The van der Waals surface area contributed by atoms with Gasteiger partial charge >= 0.3 is 0 Å². The third-order valence-corrected chi connectivity index (χ3v) is 6.20. The number of hydrogen-bond donors (Lipinski definition) is 0. The largest absolute Gasteiger partial charge is 0.492 e. The van der Waals surface area contributed by atoms with E-state index in [1.54, 1.807) is 21.8 Å². The van der Waals surface area contributed by atoms with Gasteiger partial charge in [-0.15, -0.1) is 6.42 Å². The summed E-state index contributed by atoms with van der Waals surface area (Å²) in [5.74, 6) is 3.50. The van der Waals surface area contributed by atoms with Gasteiger partial charge in [0.15, 0.2) is 0 Å². The standard InChI is InChI=1S/C24H23N7O2/c1-3-23(32)29-13-19-7-8-28(15-30(19)16-29)22-6-5-17(11-26-22)21-9-20(33-4-2)14-31-24(21)18(10-25)12-27-31/h1,5-6,9,11-12,14,19H,4,7-8,13,15-16H2,2H3. The molecule has 1 unspecified atom stereocenters. The van der Waals surface area contributed by atoms with Crippen LogP contribution in [0.25, 0.3) is 16.6 Å². The second kappa shape index (κ2) is 8.45. The van der Waals surface area contributed by atoms with Crippen molar-refractivity contribution in [3.8, 4) is 35.3 Å². The number of ether oxygens (including phenoxy) is 1. The van der Waals surface area contributed by atoms with Crippen molar-refractivity contribution in [3.63, 3.8) is 0 Å². The maximum absolute atomic E-state index is 11.9. The first-order chi connectivity index (χ1) is 16.1. The number of nitriles is 1. The van der Waals surface area contributed by atoms with E-state index in [4.69, 9.17) is 16.1 Å². The molecule has 1 atom stereocenters. The topological polar surface area (TPSA) is 90.0 Å². The fourth-order valence-electron chi connectivity index (χ4n) is 4.59. The zero-order valence-corrected chi connectivity index (χ0v) is 18.3. The van der Waals surface area contributed by atoms with Gasteiger partial charge in [-0.05, 0) is 37.5 Å². The maximum atomic E-state index is 11.9. The fraction of sp³-hybridized carbons (Fsp3) is 0.333. The molecule has 9 nitrogen and oxygen atoms in total. The molecule has 0 aromatic carbocycles. The van der Waals surface area contributed by atoms with E-state index in [1.165, 1.54) is 0 Å². The summed E-state index contributed by atoms with van der Waals surface area (Å²) in [5.41, 5.74) is 2.95. The number of amides is 1. The first-order valence-electron chi connectivity index (χ1n) is 10.9. The van der Waals surface area contributed by atoms with Gasteiger partial charge in [-0.2, -0.15) is 10.4 Å². The van der Waals surface area contributed by atoms with Crippen molar-refractivity contribution in [2.45, 2.75) is 19.4 Å². The maximum Gasteiger partial charge on any atom is 0.299 e. The second-order valence-electron chi connectivity index (χ2n) is 8.14. The van der Waals surface area contributed by atoms with Crippen molar-refractivity contribution in [2.75, 3.05) is 37.9 Å². The second-order valence-corrected chi connectivity index (χ2v) is 8.14. The van der Waals surface area contributed by atoms with Crippen LogP contribution in [0.15, 0.2) is 36.8 Å². The van der Waals surface area contributed by atoms with Crippen LogP contribution in [0.1, 0.15) is 18.9 Å². The van der Waals surface area contributed by atoms with E-state index in [1.807, 2.05) is 31.3 Å². The van der Waals surface area contributed by atoms with Gasteiger partial charge in [-0.1, -0.05) is 0 Å². The van der Waals surface area contributed by atoms with Crippen molar-refractivity contribution >= 4 is 17.2 Å². The Morgan fingerprint density at radius 2 is 2.21 bits per heavy atom. The molecule has 5 rings (SSSR count). The van der Waals surface area contributed by atoms with Gasteiger partial charge in [-0.25, -0.2) is 9.50 Å². The Labute approximate surface area is 191 Å². The Morgan fingerprint density at radius 1 is 1.33 bits per heavy atom. The molecule has 2 saturated heterocycles. The number of anilines is 1. The zero-order valence-electron chi connectivity index (χ0n) is 18.3. The number of terminal acetylenes is 1. The summed E-state index contributed by atoms with van der Waals surface area (Å²) >= 11 is 0. The minimum Gasteiger partial charge on any atom is -0.492 e. The number of hydrogen-bond acceptors (Lipinski definition) is 7. The first kappa shape index (κ1) is 20.8. The Kier molecular flexibility index (Phi) is 5.33. The third kappa shape index (κ3) is 3.73. The highest BCUT2D eigenvalue weighted by Gasteiger charge is 2.36. The molecule has 9 heteroatoms. The number of aromatic nitrogens is 3. The van der Waals surface area contributed by atoms with Gasteiger partial charge in [0.2, 0.25) is 0 Å². The van der Waals surface area contributed by atoms with E-state index >= 15 is 0 Å². The van der Waals surface area contributed by atoms with Crippen molar-refractivity contribution in [3.05, 3.63) is 42.4 Å². The summed E-state index contributed by atoms with van der Waals surface area (Å²) in [6, 6.07) is 8.46. The molecule has 0 bridgehead atoms. The molecule has 2 aliphatic rings. The Bertz CT molecular complexity index is 1290. The lowest BCUT2D eigenvalue weighted by Gasteiger charge is -2.37. The van der Waals surface area contributed by atoms with Crippen LogP contribution in [-0.4, -0.2) is 69.4 Å². The normalized spacial score (nSPS) is 18.1. The number of carbonyl (C=O) groups is 1. The lowest BCUT2D eigenvalue weighted by molar-refractivity contribution is -0.124. The van der Waals surface area contributed by atoms with Gasteiger partial charge in [0.05, 0.1) is 43.4 Å². The molecule has 0 spiro atoms. The minimum absolute atomic E-state index is 0.254. The number of carbonyl (C=O) groups excluding carboxylic acids is 1. The highest BCUT2D eigenvalue weighted by molar-refractivity contribution is 5.93. The Hall–Kier alpha value is -4.08. The van der Waals surface area contributed by atoms with Gasteiger partial charge in [0, 0.05) is 36.5 Å². The summed E-state index contributed by atoms with van der Waals surface area (Å²) in [5, 5.41) is 13.8. The average Bonchev–Trinajstić information content (AvgIpc) is 3.47. The molecule has 3 aromatic rings. The molecule has 5 heterocycles. The lowest BCUT2D eigenvalue weighted by atomic mass is 10.1. The Morgan fingerprint density at radius 3 is 2.94 bits per heavy atom. The van der Waals surface area contributed by atoms with Crippen LogP contribution >= 0.6 is 0 Å². The zero-order chi connectivity index (χ0) is 22.9. The predicted molar refractivity (Wildman–Crippen MR) is 122 cm³/mol. The quantitative estimate of drug-likeness (QED) is 0.572. The minimum atomic E-state index is -0.254. The molecular weight excluding hydrogens is 418 g/mol. The molecule has 0 N–H and O–H groups in total. The molecule has 166 valence electrons. The molecule has 0 aliphatic carbocycles. The van der Waals surface area contributed by atoms with Crippen molar-refractivity contribution in [2.24, 2.45) is 0 Å². The van der Waals surface area contributed by atoms with Crippen LogP contribution in [-0.2, 0) is 4.79 Å². The summed E-state index contributed by atoms with van der Waals surface area (Å²) in [6.07, 6.45) is 11.4. The molecule has 0 saturated carbocycles. The van der Waals surface area contributed by atoms with E-state index in [0.717, 1.165) is 35.4 Å². The number of nitrogens with zero attached hydrogens (tertiary/aromatic N) is 7. The van der Waals surface area contributed by atoms with E-state index < -0.39 is 0 Å². The summed E-state index contributed by atoms with van der Waals surface area (Å²) < 4.78 is 7.37. The van der Waals surface area contributed by atoms with Crippen molar-refractivity contribution in [1.29, 1.82) is 5.26 Å². The van der Waals surface area contributed by atoms with Crippen LogP contribution in [0.2, 0.25) is 0 Å². The van der Waals surface area contributed by atoms with Crippen LogP contribution in [0.3, 0.4) is 0 Å². The molecular formula is C24H23N7O2. The average molecular weight is 441 g/mol. The summed E-state index contributed by atoms with van der Waals surface area (Å²) in [6.45, 7) is 5.23. The van der Waals surface area contributed by atoms with E-state index in [-0.39, 0.29) is 5.91 Å². The van der Waals surface area contributed by atoms with Gasteiger partial charge in [0.25, 0.3) is 5.91 Å². The lowest BCUT2D eigenvalue weighted by Crippen LogP contribution is -2.48. The molecule has 2 fully saturated rings. The Balaban J connectivity index is 1.40. The van der Waals surface area contributed by atoms with Crippen LogP contribution in [0.4, 0.5) is 5.82 Å². The molecule has 2 aliphatic heterocycles. The van der Waals surface area contributed by atoms with Crippen molar-refractivity contribution in [1.82, 2.24) is 24.4 Å². The molecule has 3 aromatic heterocycles. The van der Waals surface area contributed by atoms with Crippen LogP contribution in [0, 0.1) is 23.7 Å². The van der Waals surface area contributed by atoms with Gasteiger partial charge in [0.1, 0.15) is 17.6 Å². The molecule has 1 amide bonds. The fourth-order valence-corrected chi connectivity index (χ4v) is 4.59. The monoisotopic (exact) mass is 441 g/mol. The van der Waals surface area contributed by atoms with E-state index in [0.29, 0.717) is 43.8 Å². The van der Waals surface area contributed by atoms with Crippen LogP contribution in [0.5, 0.6) is 5.75 Å². The predicted octanol–water partition coefficient (Wildman–Crippen LogP) is 1.94. The molecule has 0 radical (unpaired) electrons. The van der Waals surface area contributed by atoms with Gasteiger partial charge < -0.3 is 14.5 Å². The number of rotatable bonds is 4. The third-order valence-electron chi connectivity index (χ3n) is 6.20. The van der Waals surface area contributed by atoms with Crippen LogP contribution < -0.4 is 9.64 Å². The summed E-state index contributed by atoms with van der Waals surface area (Å²) in [7, 11) is 0. The van der Waals surface area contributed by atoms with Crippen molar-refractivity contribution < 1.29 is 9.53 Å². The SMILES string of the molecule is C#CC(=O)N1CC2CCN(c3ccc(-c4cc(OCC)cn5ncc(C#N)c45)cn3)CN2C1. The smallest absolute Gasteiger partial charge is 0.299 e. The highest BCUT2D eigenvalue weighted by Crippen LogP contribution is 2.32. The molecule has 33 heavy (non-hydrogen) atoms. The highest BCUT2D eigenvalue weighted by atomic mass is 16.5. The first-order valence-corrected chi connectivity index (χ1v) is 10.9. The van der Waals surface area contributed by atoms with Gasteiger partial charge in [-0.3, -0.25) is 9.69 Å². The summed E-state index contributed by atoms with van der Waals surface area (Å²) in [4.78, 5) is 22.8.